The van der Waals surface area contributed by atoms with Crippen molar-refractivity contribution in [2.24, 2.45) is 0 Å². The first-order valence-corrected chi connectivity index (χ1v) is 6.10. The summed E-state index contributed by atoms with van der Waals surface area (Å²) in [6.45, 7) is 0. The topological polar surface area (TPSA) is 71.8 Å². The fourth-order valence-electron chi connectivity index (χ4n) is 1.51. The lowest BCUT2D eigenvalue weighted by atomic mass is 10.1. The maximum Gasteiger partial charge on any atom is 0.416 e. The monoisotopic (exact) mass is 381 g/mol. The molecule has 8 heteroatoms. The van der Waals surface area contributed by atoms with Gasteiger partial charge in [-0.25, -0.2) is 4.98 Å². The molecule has 0 aliphatic carbocycles. The third-order valence-corrected chi connectivity index (χ3v) is 3.35. The van der Waals surface area contributed by atoms with Crippen molar-refractivity contribution in [1.29, 1.82) is 0 Å². The van der Waals surface area contributed by atoms with E-state index in [1.165, 1.54) is 12.1 Å². The second-order valence-corrected chi connectivity index (χ2v) is 4.77. The van der Waals surface area contributed by atoms with Crippen molar-refractivity contribution >= 4 is 28.5 Å². The summed E-state index contributed by atoms with van der Waals surface area (Å²) in [6.07, 6.45) is -4.45. The Bertz CT molecular complexity index is 682. The van der Waals surface area contributed by atoms with Crippen LogP contribution < -0.4 is 11.3 Å². The number of anilines is 1. The zero-order valence-electron chi connectivity index (χ0n) is 9.25. The molecule has 1 aromatic carbocycles. The molecular formula is C11H7F3IN3O. The lowest BCUT2D eigenvalue weighted by molar-refractivity contribution is -0.137. The molecule has 0 aliphatic rings. The number of halogens is 4. The molecule has 0 amide bonds. The number of nitrogens with zero attached hydrogens (tertiary/aromatic N) is 1. The molecule has 3 N–H and O–H groups in total. The molecule has 0 spiro atoms. The number of nitrogen functional groups attached to an aromatic ring is 1. The molecule has 0 radical (unpaired) electrons. The number of benzene rings is 1. The van der Waals surface area contributed by atoms with Crippen LogP contribution >= 0.6 is 22.6 Å². The Kier molecular flexibility index (Phi) is 3.52. The van der Waals surface area contributed by atoms with E-state index >= 15 is 0 Å². The Morgan fingerprint density at radius 2 is 2.00 bits per heavy atom. The van der Waals surface area contributed by atoms with Crippen LogP contribution in [0, 0.1) is 3.57 Å². The van der Waals surface area contributed by atoms with E-state index in [2.05, 4.69) is 9.97 Å². The second kappa shape index (κ2) is 4.83. The van der Waals surface area contributed by atoms with Gasteiger partial charge in [0.2, 0.25) is 5.95 Å². The van der Waals surface area contributed by atoms with Crippen molar-refractivity contribution < 1.29 is 13.2 Å². The van der Waals surface area contributed by atoms with Gasteiger partial charge in [-0.1, -0.05) is 12.1 Å². The number of aromatic nitrogens is 2. The van der Waals surface area contributed by atoms with Crippen molar-refractivity contribution in [3.63, 3.8) is 0 Å². The van der Waals surface area contributed by atoms with E-state index in [-0.39, 0.29) is 20.8 Å². The number of nitrogens with two attached hydrogens (primary N) is 1. The summed E-state index contributed by atoms with van der Waals surface area (Å²) < 4.78 is 38.1. The van der Waals surface area contributed by atoms with Crippen molar-refractivity contribution in [2.45, 2.75) is 6.18 Å². The average molecular weight is 381 g/mol. The van der Waals surface area contributed by atoms with E-state index < -0.39 is 17.3 Å². The number of H-pyrrole nitrogens is 1. The maximum atomic E-state index is 12.6. The quantitative estimate of drug-likeness (QED) is 0.747. The van der Waals surface area contributed by atoms with Gasteiger partial charge in [-0.2, -0.15) is 13.2 Å². The van der Waals surface area contributed by atoms with Crippen LogP contribution in [0.25, 0.3) is 11.3 Å². The van der Waals surface area contributed by atoms with Gasteiger partial charge in [0, 0.05) is 5.56 Å². The highest BCUT2D eigenvalue weighted by Gasteiger charge is 2.30. The predicted molar refractivity (Wildman–Crippen MR) is 72.4 cm³/mol. The number of nitrogens with one attached hydrogen (secondary N) is 1. The minimum atomic E-state index is -4.45. The second-order valence-electron chi connectivity index (χ2n) is 3.69. The van der Waals surface area contributed by atoms with Crippen LogP contribution in [-0.4, -0.2) is 9.97 Å². The number of hydrogen-bond acceptors (Lipinski definition) is 3. The summed E-state index contributed by atoms with van der Waals surface area (Å²) in [5.41, 5.74) is 4.43. The molecule has 1 aromatic heterocycles. The maximum absolute atomic E-state index is 12.6. The highest BCUT2D eigenvalue weighted by molar-refractivity contribution is 14.1. The Balaban J connectivity index is 2.63. The van der Waals surface area contributed by atoms with E-state index in [9.17, 15) is 18.0 Å². The number of aromatic amines is 1. The molecule has 1 heterocycles. The SMILES string of the molecule is Nc1nc(-c2cccc(C(F)(F)F)c2)c(I)c(=O)[nH]1. The summed E-state index contributed by atoms with van der Waals surface area (Å²) >= 11 is 1.71. The van der Waals surface area contributed by atoms with E-state index in [4.69, 9.17) is 5.73 Å². The average Bonchev–Trinajstić information content (AvgIpc) is 2.33. The molecule has 0 unspecified atom stereocenters. The van der Waals surface area contributed by atoms with E-state index in [0.29, 0.717) is 0 Å². The lowest BCUT2D eigenvalue weighted by Crippen LogP contribution is -2.15. The van der Waals surface area contributed by atoms with Crippen LogP contribution in [0.15, 0.2) is 29.1 Å². The first-order chi connectivity index (χ1) is 8.79. The largest absolute Gasteiger partial charge is 0.416 e. The van der Waals surface area contributed by atoms with Gasteiger partial charge < -0.3 is 5.73 Å². The molecule has 0 saturated carbocycles. The van der Waals surface area contributed by atoms with Gasteiger partial charge >= 0.3 is 6.18 Å². The van der Waals surface area contributed by atoms with Crippen molar-refractivity contribution in [2.75, 3.05) is 5.73 Å². The van der Waals surface area contributed by atoms with Gasteiger partial charge in [-0.15, -0.1) is 0 Å². The Labute approximate surface area is 119 Å². The molecule has 19 heavy (non-hydrogen) atoms. The van der Waals surface area contributed by atoms with Gasteiger partial charge in [-0.3, -0.25) is 9.78 Å². The third-order valence-electron chi connectivity index (χ3n) is 2.34. The molecule has 0 atom stereocenters. The first-order valence-electron chi connectivity index (χ1n) is 5.02. The third kappa shape index (κ3) is 2.88. The van der Waals surface area contributed by atoms with Crippen LogP contribution in [0.3, 0.4) is 0 Å². The zero-order chi connectivity index (χ0) is 14.2. The van der Waals surface area contributed by atoms with Crippen molar-refractivity contribution in [3.8, 4) is 11.3 Å². The highest BCUT2D eigenvalue weighted by Crippen LogP contribution is 2.32. The fraction of sp³-hybridized carbons (Fsp3) is 0.0909. The van der Waals surface area contributed by atoms with Gasteiger partial charge in [0.15, 0.2) is 0 Å². The summed E-state index contributed by atoms with van der Waals surface area (Å²) in [7, 11) is 0. The molecule has 4 nitrogen and oxygen atoms in total. The lowest BCUT2D eigenvalue weighted by Gasteiger charge is -2.09. The minimum absolute atomic E-state index is 0.132. The Morgan fingerprint density at radius 3 is 2.63 bits per heavy atom. The van der Waals surface area contributed by atoms with Crippen LogP contribution in [-0.2, 0) is 6.18 Å². The molecule has 2 aromatic rings. The van der Waals surface area contributed by atoms with Gasteiger partial charge in [0.25, 0.3) is 5.56 Å². The van der Waals surface area contributed by atoms with Crippen molar-refractivity contribution in [1.82, 2.24) is 9.97 Å². The zero-order valence-corrected chi connectivity index (χ0v) is 11.4. The summed E-state index contributed by atoms with van der Waals surface area (Å²) in [5, 5.41) is 0. The normalized spacial score (nSPS) is 11.6. The first kappa shape index (κ1) is 13.8. The summed E-state index contributed by atoms with van der Waals surface area (Å²) in [6, 6.07) is 4.59. The molecule has 0 saturated heterocycles. The van der Waals surface area contributed by atoms with Crippen molar-refractivity contribution in [3.05, 3.63) is 43.8 Å². The van der Waals surface area contributed by atoms with E-state index in [0.717, 1.165) is 12.1 Å². The molecule has 2 rings (SSSR count). The number of alkyl halides is 3. The van der Waals surface area contributed by atoms with Crippen LogP contribution in [0.2, 0.25) is 0 Å². The smallest absolute Gasteiger partial charge is 0.369 e. The van der Waals surface area contributed by atoms with Gasteiger partial charge in [0.05, 0.1) is 11.3 Å². The molecule has 0 fully saturated rings. The van der Waals surface area contributed by atoms with Gasteiger partial charge in [0.1, 0.15) is 3.57 Å². The van der Waals surface area contributed by atoms with Gasteiger partial charge in [-0.05, 0) is 34.7 Å². The Hall–Kier alpha value is -1.58. The molecule has 100 valence electrons. The van der Waals surface area contributed by atoms with Crippen LogP contribution in [0.4, 0.5) is 19.1 Å². The van der Waals surface area contributed by atoms with Crippen LogP contribution in [0.1, 0.15) is 5.56 Å². The summed E-state index contributed by atoms with van der Waals surface area (Å²) in [4.78, 5) is 17.7. The predicted octanol–water partition coefficient (Wildman–Crippen LogP) is 2.64. The van der Waals surface area contributed by atoms with E-state index in [1.807, 2.05) is 0 Å². The molecule has 0 bridgehead atoms. The molecular weight excluding hydrogens is 374 g/mol. The number of rotatable bonds is 1. The van der Waals surface area contributed by atoms with E-state index in [1.54, 1.807) is 22.6 Å². The fourth-order valence-corrected chi connectivity index (χ4v) is 2.08. The standard InChI is InChI=1S/C11H7F3IN3O/c12-11(13,14)6-3-1-2-5(4-6)8-7(15)9(19)18-10(16)17-8/h1-4H,(H3,16,17,18,19). The van der Waals surface area contributed by atoms with Crippen LogP contribution in [0.5, 0.6) is 0 Å². The molecule has 0 aliphatic heterocycles. The Morgan fingerprint density at radius 1 is 1.32 bits per heavy atom. The highest BCUT2D eigenvalue weighted by atomic mass is 127. The number of hydrogen-bond donors (Lipinski definition) is 2. The summed E-state index contributed by atoms with van der Waals surface area (Å²) in [5.74, 6) is -0.141. The minimum Gasteiger partial charge on any atom is -0.369 e.